The largest absolute Gasteiger partial charge is 0.497 e. The molecule has 1 aromatic rings. The minimum atomic E-state index is -0.761. The van der Waals surface area contributed by atoms with Crippen LogP contribution in [0.15, 0.2) is 24.3 Å². The van der Waals surface area contributed by atoms with E-state index in [-0.39, 0.29) is 19.0 Å². The highest BCUT2D eigenvalue weighted by atomic mass is 16.5. The van der Waals surface area contributed by atoms with Crippen LogP contribution < -0.4 is 15.4 Å². The first kappa shape index (κ1) is 22.9. The van der Waals surface area contributed by atoms with Crippen LogP contribution >= 0.6 is 0 Å². The van der Waals surface area contributed by atoms with Crippen molar-refractivity contribution in [1.29, 1.82) is 0 Å². The number of carbonyl (C=O) groups excluding carboxylic acids is 4. The van der Waals surface area contributed by atoms with Crippen molar-refractivity contribution in [2.24, 2.45) is 0 Å². The summed E-state index contributed by atoms with van der Waals surface area (Å²) in [4.78, 5) is 48.6. The van der Waals surface area contributed by atoms with Gasteiger partial charge in [-0.2, -0.15) is 0 Å². The van der Waals surface area contributed by atoms with Crippen LogP contribution in [0.1, 0.15) is 31.1 Å². The summed E-state index contributed by atoms with van der Waals surface area (Å²) in [6, 6.07) is 6.36. The van der Waals surface area contributed by atoms with Gasteiger partial charge in [-0.25, -0.2) is 0 Å². The van der Waals surface area contributed by atoms with Crippen molar-refractivity contribution in [1.82, 2.24) is 15.5 Å². The van der Waals surface area contributed by atoms with Gasteiger partial charge in [-0.05, 0) is 45.0 Å². The number of nitrogens with zero attached hydrogens (tertiary/aromatic N) is 1. The zero-order chi connectivity index (χ0) is 21.3. The van der Waals surface area contributed by atoms with Gasteiger partial charge in [0.15, 0.2) is 6.61 Å². The van der Waals surface area contributed by atoms with E-state index >= 15 is 0 Å². The molecule has 0 spiro atoms. The molecule has 0 aliphatic heterocycles. The van der Waals surface area contributed by atoms with Gasteiger partial charge in [0.2, 0.25) is 5.91 Å². The van der Waals surface area contributed by atoms with Crippen molar-refractivity contribution in [3.63, 3.8) is 0 Å². The maximum Gasteiger partial charge on any atom is 0.325 e. The summed E-state index contributed by atoms with van der Waals surface area (Å²) in [7, 11) is 2.95. The molecule has 9 nitrogen and oxygen atoms in total. The standard InChI is InChI=1S/C19H27N3O6/c1-19(2,3)21-15(23)11-22(4)16(24)12-28-17(25)10-20-18(26)13-6-8-14(27-5)9-7-13/h6-9H,10-12H2,1-5H3,(H,20,26)(H,21,23). The van der Waals surface area contributed by atoms with Gasteiger partial charge in [0.1, 0.15) is 12.3 Å². The van der Waals surface area contributed by atoms with E-state index in [0.717, 1.165) is 4.90 Å². The molecule has 3 amide bonds. The lowest BCUT2D eigenvalue weighted by atomic mass is 10.1. The maximum atomic E-state index is 12.0. The predicted molar refractivity (Wildman–Crippen MR) is 102 cm³/mol. The normalized spacial score (nSPS) is 10.6. The minimum absolute atomic E-state index is 0.151. The number of esters is 1. The van der Waals surface area contributed by atoms with Gasteiger partial charge in [-0.15, -0.1) is 0 Å². The molecule has 0 bridgehead atoms. The molecule has 0 fully saturated rings. The number of likely N-dealkylation sites (N-methyl/N-ethyl adjacent to an activating group) is 1. The van der Waals surface area contributed by atoms with E-state index in [0.29, 0.717) is 11.3 Å². The number of carbonyl (C=O) groups is 4. The predicted octanol–water partition coefficient (Wildman–Crippen LogP) is 0.341. The van der Waals surface area contributed by atoms with Crippen molar-refractivity contribution in [3.05, 3.63) is 29.8 Å². The monoisotopic (exact) mass is 393 g/mol. The summed E-state index contributed by atoms with van der Waals surface area (Å²) in [6.45, 7) is 4.43. The summed E-state index contributed by atoms with van der Waals surface area (Å²) >= 11 is 0. The molecule has 0 aliphatic carbocycles. The van der Waals surface area contributed by atoms with Crippen molar-refractivity contribution in [2.75, 3.05) is 33.9 Å². The molecule has 9 heteroatoms. The lowest BCUT2D eigenvalue weighted by molar-refractivity contribution is -0.151. The highest BCUT2D eigenvalue weighted by Crippen LogP contribution is 2.10. The molecule has 2 N–H and O–H groups in total. The molecule has 0 saturated carbocycles. The molecule has 0 aliphatic rings. The molecule has 1 rings (SSSR count). The molecule has 0 aromatic heterocycles. The van der Waals surface area contributed by atoms with Crippen LogP contribution in [-0.4, -0.2) is 68.0 Å². The maximum absolute atomic E-state index is 12.0. The second-order valence-electron chi connectivity index (χ2n) is 7.12. The first-order valence-electron chi connectivity index (χ1n) is 8.64. The Morgan fingerprint density at radius 3 is 2.21 bits per heavy atom. The third-order valence-corrected chi connectivity index (χ3v) is 3.42. The molecule has 0 unspecified atom stereocenters. The third-order valence-electron chi connectivity index (χ3n) is 3.42. The first-order chi connectivity index (χ1) is 13.0. The van der Waals surface area contributed by atoms with Crippen LogP contribution in [0.2, 0.25) is 0 Å². The number of ether oxygens (including phenoxy) is 2. The van der Waals surface area contributed by atoms with Crippen LogP contribution in [0.5, 0.6) is 5.75 Å². The second kappa shape index (κ2) is 10.3. The molecule has 0 heterocycles. The Balaban J connectivity index is 2.35. The topological polar surface area (TPSA) is 114 Å². The van der Waals surface area contributed by atoms with E-state index in [1.807, 2.05) is 20.8 Å². The van der Waals surface area contributed by atoms with Crippen molar-refractivity contribution < 1.29 is 28.7 Å². The second-order valence-corrected chi connectivity index (χ2v) is 7.12. The fourth-order valence-corrected chi connectivity index (χ4v) is 2.06. The summed E-state index contributed by atoms with van der Waals surface area (Å²) < 4.78 is 9.84. The Morgan fingerprint density at radius 1 is 1.07 bits per heavy atom. The smallest absolute Gasteiger partial charge is 0.325 e. The van der Waals surface area contributed by atoms with Crippen LogP contribution in [0.4, 0.5) is 0 Å². The molecule has 0 saturated heterocycles. The van der Waals surface area contributed by atoms with Crippen molar-refractivity contribution in [3.8, 4) is 5.75 Å². The Hall–Kier alpha value is -3.10. The van der Waals surface area contributed by atoms with Gasteiger partial charge in [0.25, 0.3) is 11.8 Å². The zero-order valence-electron chi connectivity index (χ0n) is 16.8. The lowest BCUT2D eigenvalue weighted by Gasteiger charge is -2.23. The van der Waals surface area contributed by atoms with E-state index in [1.54, 1.807) is 24.3 Å². The number of methoxy groups -OCH3 is 1. The summed E-state index contributed by atoms with van der Waals surface area (Å²) in [5, 5.41) is 5.13. The number of rotatable bonds is 8. The number of nitrogens with one attached hydrogen (secondary N) is 2. The van der Waals surface area contributed by atoms with E-state index < -0.39 is 29.9 Å². The quantitative estimate of drug-likeness (QED) is 0.616. The number of hydrogen-bond acceptors (Lipinski definition) is 6. The molecule has 1 aromatic carbocycles. The molecular weight excluding hydrogens is 366 g/mol. The average molecular weight is 393 g/mol. The van der Waals surface area contributed by atoms with E-state index in [1.165, 1.54) is 14.2 Å². The minimum Gasteiger partial charge on any atom is -0.497 e. The van der Waals surface area contributed by atoms with Crippen LogP contribution in [0, 0.1) is 0 Å². The summed E-state index contributed by atoms with van der Waals surface area (Å²) in [5.41, 5.74) is -0.0514. The molecule has 28 heavy (non-hydrogen) atoms. The van der Waals surface area contributed by atoms with Gasteiger partial charge in [-0.1, -0.05) is 0 Å². The Labute approximate surface area is 164 Å². The molecule has 0 radical (unpaired) electrons. The molecule has 154 valence electrons. The van der Waals surface area contributed by atoms with E-state index in [2.05, 4.69) is 10.6 Å². The number of benzene rings is 1. The first-order valence-corrected chi connectivity index (χ1v) is 8.64. The van der Waals surface area contributed by atoms with Gasteiger partial charge >= 0.3 is 5.97 Å². The number of hydrogen-bond donors (Lipinski definition) is 2. The average Bonchev–Trinajstić information content (AvgIpc) is 2.62. The van der Waals surface area contributed by atoms with Gasteiger partial charge in [0, 0.05) is 18.2 Å². The number of amides is 3. The van der Waals surface area contributed by atoms with E-state index in [9.17, 15) is 19.2 Å². The zero-order valence-corrected chi connectivity index (χ0v) is 16.8. The van der Waals surface area contributed by atoms with Crippen LogP contribution in [0.25, 0.3) is 0 Å². The van der Waals surface area contributed by atoms with E-state index in [4.69, 9.17) is 9.47 Å². The summed E-state index contributed by atoms with van der Waals surface area (Å²) in [6.07, 6.45) is 0. The van der Waals surface area contributed by atoms with Crippen molar-refractivity contribution >= 4 is 23.7 Å². The van der Waals surface area contributed by atoms with Gasteiger partial charge in [-0.3, -0.25) is 19.2 Å². The molecule has 0 atom stereocenters. The Morgan fingerprint density at radius 2 is 1.68 bits per heavy atom. The Kier molecular flexibility index (Phi) is 8.43. The van der Waals surface area contributed by atoms with Gasteiger partial charge < -0.3 is 25.0 Å². The van der Waals surface area contributed by atoms with Crippen LogP contribution in [-0.2, 0) is 19.1 Å². The van der Waals surface area contributed by atoms with Gasteiger partial charge in [0.05, 0.1) is 13.7 Å². The Bertz CT molecular complexity index is 709. The van der Waals surface area contributed by atoms with Crippen molar-refractivity contribution in [2.45, 2.75) is 26.3 Å². The third kappa shape index (κ3) is 8.52. The highest BCUT2D eigenvalue weighted by Gasteiger charge is 2.19. The fraction of sp³-hybridized carbons (Fsp3) is 0.474. The van der Waals surface area contributed by atoms with Crippen LogP contribution in [0.3, 0.4) is 0 Å². The molecular formula is C19H27N3O6. The summed E-state index contributed by atoms with van der Waals surface area (Å²) in [5.74, 6) is -1.46. The highest BCUT2D eigenvalue weighted by molar-refractivity contribution is 5.96. The lowest BCUT2D eigenvalue weighted by Crippen LogP contribution is -2.47. The SMILES string of the molecule is COc1ccc(C(=O)NCC(=O)OCC(=O)N(C)CC(=O)NC(C)(C)C)cc1. The fourth-order valence-electron chi connectivity index (χ4n) is 2.06.